The first-order chi connectivity index (χ1) is 12.7. The van der Waals surface area contributed by atoms with E-state index >= 15 is 0 Å². The molecule has 1 unspecified atom stereocenters. The number of carbonyl (C=O) groups excluding carboxylic acids is 1. The molecule has 0 bridgehead atoms. The second-order valence-electron chi connectivity index (χ2n) is 8.78. The van der Waals surface area contributed by atoms with Gasteiger partial charge in [0.2, 0.25) is 5.06 Å². The van der Waals surface area contributed by atoms with Crippen LogP contribution in [0.1, 0.15) is 124 Å². The fourth-order valence-corrected chi connectivity index (χ4v) is 3.82. The quantitative estimate of drug-likeness (QED) is 0.141. The molecule has 0 aliphatic carbocycles. The maximum absolute atomic E-state index is 12.0. The Bertz CT molecular complexity index is 365. The first kappa shape index (κ1) is 26.7. The Hall–Kier alpha value is -0.280. The lowest BCUT2D eigenvalue weighted by atomic mass is 10.0. The van der Waals surface area contributed by atoms with E-state index in [4.69, 9.17) is 21.1 Å². The van der Waals surface area contributed by atoms with Gasteiger partial charge < -0.3 is 9.47 Å². The van der Waals surface area contributed by atoms with Crippen LogP contribution in [0.5, 0.6) is 0 Å². The predicted molar refractivity (Wildman–Crippen MR) is 116 cm³/mol. The van der Waals surface area contributed by atoms with E-state index in [9.17, 15) is 4.79 Å². The van der Waals surface area contributed by atoms with Gasteiger partial charge in [-0.2, -0.15) is 0 Å². The number of unbranched alkanes of at least 4 members (excludes halogenated alkanes) is 13. The van der Waals surface area contributed by atoms with Gasteiger partial charge in [0.25, 0.3) is 0 Å². The number of carbonyl (C=O) groups is 1. The van der Waals surface area contributed by atoms with Crippen LogP contribution in [-0.2, 0) is 14.3 Å². The zero-order valence-electron chi connectivity index (χ0n) is 18.7. The van der Waals surface area contributed by atoms with Crippen LogP contribution in [0.2, 0.25) is 0 Å². The normalized spacial score (nSPS) is 14.1. The zero-order valence-corrected chi connectivity index (χ0v) is 19.5. The van der Waals surface area contributed by atoms with E-state index in [1.165, 1.54) is 84.2 Å². The summed E-state index contributed by atoms with van der Waals surface area (Å²) in [4.78, 5) is 12.0. The van der Waals surface area contributed by atoms with Crippen LogP contribution < -0.4 is 0 Å². The van der Waals surface area contributed by atoms with Crippen LogP contribution in [0.25, 0.3) is 0 Å². The third-order valence-electron chi connectivity index (χ3n) is 4.81. The second kappa shape index (κ2) is 15.6. The molecule has 0 N–H and O–H groups in total. The molecule has 3 nitrogen and oxygen atoms in total. The van der Waals surface area contributed by atoms with Crippen molar-refractivity contribution < 1.29 is 14.3 Å². The van der Waals surface area contributed by atoms with Crippen LogP contribution in [0, 0.1) is 0 Å². The van der Waals surface area contributed by atoms with E-state index in [1.807, 2.05) is 20.8 Å². The van der Waals surface area contributed by atoms with Crippen molar-refractivity contribution in [1.82, 2.24) is 0 Å². The molecule has 0 radical (unpaired) electrons. The molecule has 0 aromatic heterocycles. The molecule has 27 heavy (non-hydrogen) atoms. The van der Waals surface area contributed by atoms with Gasteiger partial charge in [-0.3, -0.25) is 0 Å². The van der Waals surface area contributed by atoms with Crippen LogP contribution in [0.3, 0.4) is 0 Å². The third kappa shape index (κ3) is 15.3. The Morgan fingerprint density at radius 2 is 1.11 bits per heavy atom. The summed E-state index contributed by atoms with van der Waals surface area (Å²) in [7, 11) is 1.36. The summed E-state index contributed by atoms with van der Waals surface area (Å²) < 4.78 is 10.6. The van der Waals surface area contributed by atoms with Crippen LogP contribution in [0.15, 0.2) is 0 Å². The average molecular weight is 405 g/mol. The molecule has 0 saturated heterocycles. The summed E-state index contributed by atoms with van der Waals surface area (Å²) in [5.74, 6) is -0.492. The van der Waals surface area contributed by atoms with E-state index in [0.717, 1.165) is 12.8 Å². The summed E-state index contributed by atoms with van der Waals surface area (Å²) in [5.41, 5.74) is -0.480. The highest BCUT2D eigenvalue weighted by Gasteiger charge is 2.41. The Balaban J connectivity index is 3.67. The van der Waals surface area contributed by atoms with Gasteiger partial charge in [-0.05, 0) is 27.2 Å². The summed E-state index contributed by atoms with van der Waals surface area (Å²) in [6.45, 7) is 7.97. The fraction of sp³-hybridized carbons (Fsp3) is 0.957. The van der Waals surface area contributed by atoms with Crippen molar-refractivity contribution in [3.8, 4) is 0 Å². The molecular weight excluding hydrogens is 360 g/mol. The van der Waals surface area contributed by atoms with Crippen molar-refractivity contribution in [2.24, 2.45) is 0 Å². The lowest BCUT2D eigenvalue weighted by molar-refractivity contribution is -0.172. The molecule has 0 aromatic carbocycles. The van der Waals surface area contributed by atoms with Crippen LogP contribution in [0.4, 0.5) is 0 Å². The standard InChI is InChI=1S/C23H45ClO3/c1-6-7-8-9-10-11-12-13-14-15-16-17-18-19-20-23(24,21(25)26-5)27-22(2,3)4/h6-20H2,1-5H3. The third-order valence-corrected chi connectivity index (χ3v) is 5.23. The zero-order chi connectivity index (χ0) is 20.6. The number of alkyl halides is 1. The largest absolute Gasteiger partial charge is 0.466 e. The smallest absolute Gasteiger partial charge is 0.354 e. The van der Waals surface area contributed by atoms with E-state index < -0.39 is 16.6 Å². The number of halogens is 1. The van der Waals surface area contributed by atoms with Gasteiger partial charge in [0.05, 0.1) is 12.7 Å². The Morgan fingerprint density at radius 3 is 1.44 bits per heavy atom. The van der Waals surface area contributed by atoms with E-state index in [1.54, 1.807) is 0 Å². The minimum atomic E-state index is -1.36. The molecule has 0 aromatic rings. The molecule has 0 rings (SSSR count). The fourth-order valence-electron chi connectivity index (χ4n) is 3.38. The number of methoxy groups -OCH3 is 1. The van der Waals surface area contributed by atoms with Crippen LogP contribution in [-0.4, -0.2) is 23.7 Å². The van der Waals surface area contributed by atoms with Crippen molar-refractivity contribution in [1.29, 1.82) is 0 Å². The number of esters is 1. The van der Waals surface area contributed by atoms with Gasteiger partial charge in [-0.15, -0.1) is 0 Å². The minimum absolute atomic E-state index is 0.480. The Morgan fingerprint density at radius 1 is 0.741 bits per heavy atom. The van der Waals surface area contributed by atoms with Crippen LogP contribution >= 0.6 is 11.6 Å². The molecule has 0 fully saturated rings. The minimum Gasteiger partial charge on any atom is -0.466 e. The van der Waals surface area contributed by atoms with Gasteiger partial charge in [-0.25, -0.2) is 4.79 Å². The van der Waals surface area contributed by atoms with Gasteiger partial charge in [0.1, 0.15) is 0 Å². The molecule has 0 aliphatic heterocycles. The second-order valence-corrected chi connectivity index (χ2v) is 9.39. The van der Waals surface area contributed by atoms with Crippen molar-refractivity contribution in [3.05, 3.63) is 0 Å². The highest BCUT2D eigenvalue weighted by atomic mass is 35.5. The van der Waals surface area contributed by atoms with Gasteiger partial charge >= 0.3 is 5.97 Å². The van der Waals surface area contributed by atoms with Crippen molar-refractivity contribution in [3.63, 3.8) is 0 Å². The highest BCUT2D eigenvalue weighted by Crippen LogP contribution is 2.31. The molecule has 4 heteroatoms. The summed E-state index contributed by atoms with van der Waals surface area (Å²) in [6.07, 6.45) is 18.7. The first-order valence-electron chi connectivity index (χ1n) is 11.2. The SMILES string of the molecule is CCCCCCCCCCCCCCCCC(Cl)(OC(C)(C)C)C(=O)OC. The maximum atomic E-state index is 12.0. The first-order valence-corrected chi connectivity index (χ1v) is 11.6. The Kier molecular flexibility index (Phi) is 15.5. The lowest BCUT2D eigenvalue weighted by Gasteiger charge is -2.32. The topological polar surface area (TPSA) is 35.5 Å². The number of hydrogen-bond acceptors (Lipinski definition) is 3. The molecule has 0 amide bonds. The number of ether oxygens (including phenoxy) is 2. The lowest BCUT2D eigenvalue weighted by Crippen LogP contribution is -2.42. The van der Waals surface area contributed by atoms with Gasteiger partial charge in [-0.1, -0.05) is 102 Å². The van der Waals surface area contributed by atoms with E-state index in [0.29, 0.717) is 6.42 Å². The average Bonchev–Trinajstić information content (AvgIpc) is 2.59. The number of rotatable bonds is 17. The van der Waals surface area contributed by atoms with Gasteiger partial charge in [0.15, 0.2) is 0 Å². The molecule has 0 heterocycles. The monoisotopic (exact) mass is 404 g/mol. The highest BCUT2D eigenvalue weighted by molar-refractivity contribution is 6.32. The van der Waals surface area contributed by atoms with E-state index in [-0.39, 0.29) is 0 Å². The molecule has 0 saturated carbocycles. The summed E-state index contributed by atoms with van der Waals surface area (Å²) in [6, 6.07) is 0. The molecule has 162 valence electrons. The Labute approximate surface area is 173 Å². The van der Waals surface area contributed by atoms with Crippen molar-refractivity contribution in [2.75, 3.05) is 7.11 Å². The summed E-state index contributed by atoms with van der Waals surface area (Å²) >= 11 is 6.43. The molecular formula is C23H45ClO3. The predicted octanol–water partition coefficient (Wildman–Crippen LogP) is 7.78. The van der Waals surface area contributed by atoms with E-state index in [2.05, 4.69) is 6.92 Å². The number of hydrogen-bond donors (Lipinski definition) is 0. The molecule has 0 spiro atoms. The maximum Gasteiger partial charge on any atom is 0.354 e. The molecule has 0 aliphatic rings. The summed E-state index contributed by atoms with van der Waals surface area (Å²) in [5, 5.41) is -1.36. The van der Waals surface area contributed by atoms with Crippen molar-refractivity contribution in [2.45, 2.75) is 135 Å². The van der Waals surface area contributed by atoms with Gasteiger partial charge in [0, 0.05) is 6.42 Å². The van der Waals surface area contributed by atoms with Crippen molar-refractivity contribution >= 4 is 17.6 Å². The molecule has 1 atom stereocenters.